The van der Waals surface area contributed by atoms with Gasteiger partial charge in [0.2, 0.25) is 0 Å². The molecular weight excluding hydrogens is 164 g/mol. The number of nitrogens with zero attached hydrogens (tertiary/aromatic N) is 1. The minimum atomic E-state index is -0.457. The number of carbonyl (C=O) groups excluding carboxylic acids is 1. The first-order valence-corrected chi connectivity index (χ1v) is 4.41. The van der Waals surface area contributed by atoms with Crippen LogP contribution in [-0.4, -0.2) is 10.9 Å². The first-order chi connectivity index (χ1) is 6.13. The van der Waals surface area contributed by atoms with Crippen LogP contribution in [0.4, 0.5) is 0 Å². The average molecular weight is 178 g/mol. The number of hydrogen-bond donors (Lipinski definition) is 1. The highest BCUT2D eigenvalue weighted by Crippen LogP contribution is 2.06. The van der Waals surface area contributed by atoms with E-state index in [2.05, 4.69) is 11.9 Å². The molecule has 0 aliphatic carbocycles. The van der Waals surface area contributed by atoms with Crippen molar-refractivity contribution < 1.29 is 4.79 Å². The standard InChI is InChI=1S/C10H14N2O/c1-3-4-8-5-7(2)6-9(12-8)10(11)13/h5-6H,3-4H2,1-2H3,(H2,11,13). The van der Waals surface area contributed by atoms with Gasteiger partial charge in [0.15, 0.2) is 0 Å². The summed E-state index contributed by atoms with van der Waals surface area (Å²) < 4.78 is 0. The molecule has 0 unspecified atom stereocenters. The molecular formula is C10H14N2O. The van der Waals surface area contributed by atoms with Crippen LogP contribution in [0.5, 0.6) is 0 Å². The summed E-state index contributed by atoms with van der Waals surface area (Å²) >= 11 is 0. The minimum Gasteiger partial charge on any atom is -0.364 e. The zero-order chi connectivity index (χ0) is 9.84. The molecule has 70 valence electrons. The number of aryl methyl sites for hydroxylation is 2. The monoisotopic (exact) mass is 178 g/mol. The summed E-state index contributed by atoms with van der Waals surface area (Å²) in [5.74, 6) is -0.457. The molecule has 0 bridgehead atoms. The second kappa shape index (κ2) is 4.03. The Balaban J connectivity index is 3.03. The van der Waals surface area contributed by atoms with E-state index in [9.17, 15) is 4.79 Å². The van der Waals surface area contributed by atoms with Crippen molar-refractivity contribution in [1.29, 1.82) is 0 Å². The number of pyridine rings is 1. The Morgan fingerprint density at radius 1 is 1.54 bits per heavy atom. The van der Waals surface area contributed by atoms with Gasteiger partial charge in [0.1, 0.15) is 5.69 Å². The van der Waals surface area contributed by atoms with Crippen LogP contribution in [0.3, 0.4) is 0 Å². The van der Waals surface area contributed by atoms with Gasteiger partial charge in [-0.1, -0.05) is 13.3 Å². The number of carbonyl (C=O) groups is 1. The first kappa shape index (κ1) is 9.71. The fourth-order valence-electron chi connectivity index (χ4n) is 1.25. The lowest BCUT2D eigenvalue weighted by molar-refractivity contribution is 0.0995. The highest BCUT2D eigenvalue weighted by Gasteiger charge is 2.04. The van der Waals surface area contributed by atoms with E-state index in [4.69, 9.17) is 5.73 Å². The van der Waals surface area contributed by atoms with Crippen LogP contribution in [0.25, 0.3) is 0 Å². The molecule has 0 spiro atoms. The Labute approximate surface area is 78.0 Å². The number of aromatic nitrogens is 1. The van der Waals surface area contributed by atoms with Crippen molar-refractivity contribution >= 4 is 5.91 Å². The number of amides is 1. The smallest absolute Gasteiger partial charge is 0.267 e. The molecule has 1 aromatic heterocycles. The third-order valence-electron chi connectivity index (χ3n) is 1.78. The van der Waals surface area contributed by atoms with Crippen molar-refractivity contribution in [1.82, 2.24) is 4.98 Å². The van der Waals surface area contributed by atoms with Gasteiger partial charge in [-0.05, 0) is 31.0 Å². The van der Waals surface area contributed by atoms with Crippen molar-refractivity contribution in [3.05, 3.63) is 29.1 Å². The lowest BCUT2D eigenvalue weighted by atomic mass is 10.1. The number of hydrogen-bond acceptors (Lipinski definition) is 2. The fourth-order valence-corrected chi connectivity index (χ4v) is 1.25. The Morgan fingerprint density at radius 3 is 2.77 bits per heavy atom. The Morgan fingerprint density at radius 2 is 2.23 bits per heavy atom. The maximum absolute atomic E-state index is 10.9. The molecule has 3 heteroatoms. The van der Waals surface area contributed by atoms with E-state index in [-0.39, 0.29) is 0 Å². The second-order valence-electron chi connectivity index (χ2n) is 3.14. The van der Waals surface area contributed by atoms with Crippen LogP contribution < -0.4 is 5.73 Å². The van der Waals surface area contributed by atoms with Gasteiger partial charge in [0.25, 0.3) is 5.91 Å². The maximum atomic E-state index is 10.9. The predicted octanol–water partition coefficient (Wildman–Crippen LogP) is 1.44. The molecule has 0 aromatic carbocycles. The molecule has 0 aliphatic heterocycles. The van der Waals surface area contributed by atoms with E-state index < -0.39 is 5.91 Å². The highest BCUT2D eigenvalue weighted by molar-refractivity contribution is 5.90. The van der Waals surface area contributed by atoms with Crippen molar-refractivity contribution in [2.75, 3.05) is 0 Å². The van der Waals surface area contributed by atoms with Crippen LogP contribution in [0.15, 0.2) is 12.1 Å². The molecule has 1 aromatic rings. The van der Waals surface area contributed by atoms with Crippen molar-refractivity contribution in [3.63, 3.8) is 0 Å². The summed E-state index contributed by atoms with van der Waals surface area (Å²) in [4.78, 5) is 15.0. The summed E-state index contributed by atoms with van der Waals surface area (Å²) in [5, 5.41) is 0. The normalized spacial score (nSPS) is 10.0. The van der Waals surface area contributed by atoms with Gasteiger partial charge in [-0.15, -0.1) is 0 Å². The molecule has 3 nitrogen and oxygen atoms in total. The van der Waals surface area contributed by atoms with Crippen LogP contribution in [0, 0.1) is 6.92 Å². The average Bonchev–Trinajstić information content (AvgIpc) is 2.03. The lowest BCUT2D eigenvalue weighted by Gasteiger charge is -2.02. The summed E-state index contributed by atoms with van der Waals surface area (Å²) in [6, 6.07) is 3.69. The van der Waals surface area contributed by atoms with Crippen molar-refractivity contribution in [3.8, 4) is 0 Å². The molecule has 1 rings (SSSR count). The van der Waals surface area contributed by atoms with Gasteiger partial charge in [0, 0.05) is 5.69 Å². The van der Waals surface area contributed by atoms with E-state index in [1.165, 1.54) is 0 Å². The number of nitrogens with two attached hydrogens (primary N) is 1. The lowest BCUT2D eigenvalue weighted by Crippen LogP contribution is -2.14. The Kier molecular flexibility index (Phi) is 3.01. The minimum absolute atomic E-state index is 0.364. The Hall–Kier alpha value is -1.38. The molecule has 0 aliphatic rings. The largest absolute Gasteiger partial charge is 0.364 e. The van der Waals surface area contributed by atoms with Crippen LogP contribution >= 0.6 is 0 Å². The molecule has 2 N–H and O–H groups in total. The fraction of sp³-hybridized carbons (Fsp3) is 0.400. The molecule has 1 amide bonds. The van der Waals surface area contributed by atoms with Crippen molar-refractivity contribution in [2.24, 2.45) is 5.73 Å². The number of rotatable bonds is 3. The SMILES string of the molecule is CCCc1cc(C)cc(C(N)=O)n1. The Bertz CT molecular complexity index is 321. The van der Waals surface area contributed by atoms with Crippen LogP contribution in [0.1, 0.15) is 35.1 Å². The zero-order valence-corrected chi connectivity index (χ0v) is 8.00. The van der Waals surface area contributed by atoms with E-state index >= 15 is 0 Å². The van der Waals surface area contributed by atoms with E-state index in [1.54, 1.807) is 6.07 Å². The van der Waals surface area contributed by atoms with Gasteiger partial charge >= 0.3 is 0 Å². The molecule has 13 heavy (non-hydrogen) atoms. The summed E-state index contributed by atoms with van der Waals surface area (Å²) in [6.45, 7) is 4.02. The molecule has 1 heterocycles. The molecule has 0 saturated carbocycles. The topological polar surface area (TPSA) is 56.0 Å². The van der Waals surface area contributed by atoms with Gasteiger partial charge in [-0.2, -0.15) is 0 Å². The first-order valence-electron chi connectivity index (χ1n) is 4.41. The third kappa shape index (κ3) is 2.54. The van der Waals surface area contributed by atoms with E-state index in [0.717, 1.165) is 24.1 Å². The van der Waals surface area contributed by atoms with Crippen LogP contribution in [0.2, 0.25) is 0 Å². The number of primary amides is 1. The van der Waals surface area contributed by atoms with Crippen molar-refractivity contribution in [2.45, 2.75) is 26.7 Å². The summed E-state index contributed by atoms with van der Waals surface area (Å²) in [5.41, 5.74) is 7.49. The highest BCUT2D eigenvalue weighted by atomic mass is 16.1. The summed E-state index contributed by atoms with van der Waals surface area (Å²) in [7, 11) is 0. The second-order valence-corrected chi connectivity index (χ2v) is 3.14. The van der Waals surface area contributed by atoms with Gasteiger partial charge in [0.05, 0.1) is 0 Å². The summed E-state index contributed by atoms with van der Waals surface area (Å²) in [6.07, 6.45) is 1.91. The van der Waals surface area contributed by atoms with Gasteiger partial charge in [-0.25, -0.2) is 4.98 Å². The quantitative estimate of drug-likeness (QED) is 0.761. The van der Waals surface area contributed by atoms with Gasteiger partial charge < -0.3 is 5.73 Å². The zero-order valence-electron chi connectivity index (χ0n) is 8.00. The predicted molar refractivity (Wildman–Crippen MR) is 51.5 cm³/mol. The molecule has 0 radical (unpaired) electrons. The van der Waals surface area contributed by atoms with E-state index in [1.807, 2.05) is 13.0 Å². The maximum Gasteiger partial charge on any atom is 0.267 e. The molecule has 0 saturated heterocycles. The molecule has 0 atom stereocenters. The van der Waals surface area contributed by atoms with Gasteiger partial charge in [-0.3, -0.25) is 4.79 Å². The van der Waals surface area contributed by atoms with E-state index in [0.29, 0.717) is 5.69 Å². The molecule has 0 fully saturated rings. The third-order valence-corrected chi connectivity index (χ3v) is 1.78. The van der Waals surface area contributed by atoms with Crippen LogP contribution in [-0.2, 0) is 6.42 Å².